The van der Waals surface area contributed by atoms with Gasteiger partial charge in [0.15, 0.2) is 0 Å². The van der Waals surface area contributed by atoms with Gasteiger partial charge >= 0.3 is 0 Å². The number of nitrogens with zero attached hydrogens (tertiary/aromatic N) is 2. The van der Waals surface area contributed by atoms with Gasteiger partial charge in [-0.2, -0.15) is 0 Å². The summed E-state index contributed by atoms with van der Waals surface area (Å²) in [5.41, 5.74) is 1.21. The van der Waals surface area contributed by atoms with Gasteiger partial charge in [0.2, 0.25) is 0 Å². The Kier molecular flexibility index (Phi) is 5.81. The predicted octanol–water partition coefficient (Wildman–Crippen LogP) is 3.20. The summed E-state index contributed by atoms with van der Waals surface area (Å²) in [6.45, 7) is 6.23. The molecule has 0 bridgehead atoms. The molecule has 0 saturated carbocycles. The van der Waals surface area contributed by atoms with Crippen molar-refractivity contribution in [1.82, 2.24) is 14.9 Å². The van der Waals surface area contributed by atoms with Crippen molar-refractivity contribution in [3.63, 3.8) is 0 Å². The minimum absolute atomic E-state index is 0.202. The average molecular weight is 287 g/mol. The standard InChI is InChI=1S/C17H25N3O/c1-4-11-20-12-10-19-17(20)15(18-5-2)13-14-8-6-7-9-16(14)21-3/h6-10,12,15,18H,4-5,11,13H2,1-3H3. The normalized spacial score (nSPS) is 12.3. The molecule has 4 nitrogen and oxygen atoms in total. The number of ether oxygens (including phenoxy) is 1. The molecule has 0 spiro atoms. The first kappa shape index (κ1) is 15.6. The third-order valence-electron chi connectivity index (χ3n) is 3.59. The molecule has 114 valence electrons. The van der Waals surface area contributed by atoms with Gasteiger partial charge in [0.1, 0.15) is 11.6 Å². The SMILES string of the molecule is CCCn1ccnc1C(Cc1ccccc1OC)NCC. The van der Waals surface area contributed by atoms with Crippen LogP contribution in [0.4, 0.5) is 0 Å². The van der Waals surface area contributed by atoms with Crippen LogP contribution in [-0.4, -0.2) is 23.2 Å². The maximum absolute atomic E-state index is 5.46. The third kappa shape index (κ3) is 3.85. The van der Waals surface area contributed by atoms with Crippen LogP contribution in [0.25, 0.3) is 0 Å². The summed E-state index contributed by atoms with van der Waals surface area (Å²) in [5.74, 6) is 2.04. The van der Waals surface area contributed by atoms with E-state index in [0.717, 1.165) is 37.5 Å². The van der Waals surface area contributed by atoms with Gasteiger partial charge in [-0.15, -0.1) is 0 Å². The summed E-state index contributed by atoms with van der Waals surface area (Å²) >= 11 is 0. The van der Waals surface area contributed by atoms with Gasteiger partial charge in [0, 0.05) is 18.9 Å². The summed E-state index contributed by atoms with van der Waals surface area (Å²) in [7, 11) is 1.72. The lowest BCUT2D eigenvalue weighted by molar-refractivity contribution is 0.403. The van der Waals surface area contributed by atoms with Gasteiger partial charge in [-0.05, 0) is 31.0 Å². The number of rotatable bonds is 8. The Balaban J connectivity index is 2.24. The Morgan fingerprint density at radius 1 is 1.29 bits per heavy atom. The molecule has 1 heterocycles. The molecule has 1 aromatic carbocycles. The molecule has 0 saturated heterocycles. The number of hydrogen-bond acceptors (Lipinski definition) is 3. The Morgan fingerprint density at radius 3 is 2.81 bits per heavy atom. The Bertz CT molecular complexity index is 550. The molecule has 0 fully saturated rings. The topological polar surface area (TPSA) is 39.1 Å². The van der Waals surface area contributed by atoms with Crippen LogP contribution in [0.3, 0.4) is 0 Å². The zero-order valence-electron chi connectivity index (χ0n) is 13.2. The molecule has 0 amide bonds. The van der Waals surface area contributed by atoms with Crippen molar-refractivity contribution in [3.05, 3.63) is 48.0 Å². The first-order valence-corrected chi connectivity index (χ1v) is 7.66. The number of methoxy groups -OCH3 is 1. The van der Waals surface area contributed by atoms with Gasteiger partial charge in [0.05, 0.1) is 13.2 Å². The molecule has 4 heteroatoms. The summed E-state index contributed by atoms with van der Waals surface area (Å²) in [6.07, 6.45) is 5.93. The average Bonchev–Trinajstić information content (AvgIpc) is 2.96. The first-order chi connectivity index (χ1) is 10.3. The summed E-state index contributed by atoms with van der Waals surface area (Å²) in [5, 5.41) is 3.54. The quantitative estimate of drug-likeness (QED) is 0.810. The molecule has 2 aromatic rings. The fourth-order valence-corrected chi connectivity index (χ4v) is 2.65. The number of para-hydroxylation sites is 1. The van der Waals surface area contributed by atoms with Gasteiger partial charge in [0.25, 0.3) is 0 Å². The van der Waals surface area contributed by atoms with Crippen LogP contribution in [0.15, 0.2) is 36.7 Å². The van der Waals surface area contributed by atoms with Gasteiger partial charge < -0.3 is 14.6 Å². The third-order valence-corrected chi connectivity index (χ3v) is 3.59. The predicted molar refractivity (Wildman–Crippen MR) is 85.6 cm³/mol. The van der Waals surface area contributed by atoms with Crippen molar-refractivity contribution in [2.24, 2.45) is 0 Å². The van der Waals surface area contributed by atoms with Crippen LogP contribution < -0.4 is 10.1 Å². The Labute approximate surface area is 127 Å². The largest absolute Gasteiger partial charge is 0.496 e. The molecule has 1 N–H and O–H groups in total. The van der Waals surface area contributed by atoms with E-state index in [4.69, 9.17) is 4.74 Å². The van der Waals surface area contributed by atoms with Crippen LogP contribution >= 0.6 is 0 Å². The molecule has 0 aliphatic carbocycles. The highest BCUT2D eigenvalue weighted by Gasteiger charge is 2.18. The number of hydrogen-bond donors (Lipinski definition) is 1. The van der Waals surface area contributed by atoms with Crippen molar-refractivity contribution >= 4 is 0 Å². The van der Waals surface area contributed by atoms with Crippen molar-refractivity contribution in [1.29, 1.82) is 0 Å². The zero-order chi connectivity index (χ0) is 15.1. The second-order valence-electron chi connectivity index (χ2n) is 5.11. The van der Waals surface area contributed by atoms with E-state index in [9.17, 15) is 0 Å². The van der Waals surface area contributed by atoms with Crippen molar-refractivity contribution in [2.75, 3.05) is 13.7 Å². The Morgan fingerprint density at radius 2 is 2.10 bits per heavy atom. The first-order valence-electron chi connectivity index (χ1n) is 7.66. The smallest absolute Gasteiger partial charge is 0.126 e. The molecule has 1 unspecified atom stereocenters. The van der Waals surface area contributed by atoms with E-state index >= 15 is 0 Å². The van der Waals surface area contributed by atoms with E-state index in [-0.39, 0.29) is 6.04 Å². The molecular weight excluding hydrogens is 262 g/mol. The number of aryl methyl sites for hydroxylation is 1. The van der Waals surface area contributed by atoms with E-state index in [0.29, 0.717) is 0 Å². The molecule has 2 rings (SSSR count). The highest BCUT2D eigenvalue weighted by molar-refractivity contribution is 5.34. The molecule has 1 aromatic heterocycles. The van der Waals surface area contributed by atoms with Gasteiger partial charge in [-0.1, -0.05) is 32.0 Å². The fourth-order valence-electron chi connectivity index (χ4n) is 2.65. The maximum atomic E-state index is 5.46. The van der Waals surface area contributed by atoms with Crippen LogP contribution in [0.5, 0.6) is 5.75 Å². The molecule has 0 aliphatic heterocycles. The monoisotopic (exact) mass is 287 g/mol. The number of likely N-dealkylation sites (N-methyl/N-ethyl adjacent to an activating group) is 1. The van der Waals surface area contributed by atoms with E-state index < -0.39 is 0 Å². The van der Waals surface area contributed by atoms with Crippen molar-refractivity contribution in [3.8, 4) is 5.75 Å². The summed E-state index contributed by atoms with van der Waals surface area (Å²) in [4.78, 5) is 4.57. The second-order valence-corrected chi connectivity index (χ2v) is 5.11. The van der Waals surface area contributed by atoms with E-state index in [2.05, 4.69) is 47.0 Å². The highest BCUT2D eigenvalue weighted by Crippen LogP contribution is 2.24. The second kappa shape index (κ2) is 7.84. The number of nitrogens with one attached hydrogen (secondary N) is 1. The lowest BCUT2D eigenvalue weighted by Gasteiger charge is -2.20. The van der Waals surface area contributed by atoms with Crippen molar-refractivity contribution in [2.45, 2.75) is 39.3 Å². The van der Waals surface area contributed by atoms with E-state index in [1.807, 2.05) is 18.3 Å². The minimum atomic E-state index is 0.202. The molecular formula is C17H25N3O. The van der Waals surface area contributed by atoms with E-state index in [1.165, 1.54) is 5.56 Å². The minimum Gasteiger partial charge on any atom is -0.496 e. The van der Waals surface area contributed by atoms with Crippen LogP contribution in [0, 0.1) is 0 Å². The van der Waals surface area contributed by atoms with Crippen LogP contribution in [0.1, 0.15) is 37.7 Å². The fraction of sp³-hybridized carbons (Fsp3) is 0.471. The molecule has 0 aliphatic rings. The van der Waals surface area contributed by atoms with E-state index in [1.54, 1.807) is 7.11 Å². The number of aromatic nitrogens is 2. The van der Waals surface area contributed by atoms with Crippen LogP contribution in [0.2, 0.25) is 0 Å². The number of imidazole rings is 1. The zero-order valence-corrected chi connectivity index (χ0v) is 13.2. The highest BCUT2D eigenvalue weighted by atomic mass is 16.5. The lowest BCUT2D eigenvalue weighted by Crippen LogP contribution is -2.26. The van der Waals surface area contributed by atoms with Gasteiger partial charge in [-0.25, -0.2) is 4.98 Å². The maximum Gasteiger partial charge on any atom is 0.126 e. The van der Waals surface area contributed by atoms with Crippen LogP contribution in [-0.2, 0) is 13.0 Å². The molecule has 1 atom stereocenters. The molecule has 21 heavy (non-hydrogen) atoms. The summed E-state index contributed by atoms with van der Waals surface area (Å²) in [6, 6.07) is 8.39. The van der Waals surface area contributed by atoms with Crippen molar-refractivity contribution < 1.29 is 4.74 Å². The number of benzene rings is 1. The molecule has 0 radical (unpaired) electrons. The Hall–Kier alpha value is -1.81. The van der Waals surface area contributed by atoms with Gasteiger partial charge in [-0.3, -0.25) is 0 Å². The summed E-state index contributed by atoms with van der Waals surface area (Å²) < 4.78 is 7.70. The lowest BCUT2D eigenvalue weighted by atomic mass is 10.0.